The zero-order valence-corrected chi connectivity index (χ0v) is 14.2. The number of hydrogen-bond acceptors (Lipinski definition) is 4. The summed E-state index contributed by atoms with van der Waals surface area (Å²) < 4.78 is 16.0. The maximum Gasteiger partial charge on any atom is 0.305 e. The quantitative estimate of drug-likeness (QED) is 0.337. The van der Waals surface area contributed by atoms with Crippen LogP contribution in [-0.4, -0.2) is 38.5 Å². The Morgan fingerprint density at radius 2 is 1.57 bits per heavy atom. The number of esters is 1. The summed E-state index contributed by atoms with van der Waals surface area (Å²) in [7, 11) is 0. The molecule has 0 fully saturated rings. The molecule has 21 heavy (non-hydrogen) atoms. The summed E-state index contributed by atoms with van der Waals surface area (Å²) in [5.41, 5.74) is 0. The van der Waals surface area contributed by atoms with Crippen LogP contribution in [0.2, 0.25) is 0 Å². The highest BCUT2D eigenvalue weighted by atomic mass is 16.5. The fourth-order valence-corrected chi connectivity index (χ4v) is 1.94. The van der Waals surface area contributed by atoms with Gasteiger partial charge in [0.1, 0.15) is 0 Å². The van der Waals surface area contributed by atoms with Gasteiger partial charge in [0.05, 0.1) is 25.9 Å². The summed E-state index contributed by atoms with van der Waals surface area (Å²) in [4.78, 5) is 11.1. The average molecular weight is 302 g/mol. The number of ether oxygens (including phenoxy) is 3. The molecule has 0 N–H and O–H groups in total. The Bertz CT molecular complexity index is 231. The van der Waals surface area contributed by atoms with E-state index in [1.54, 1.807) is 0 Å². The molecule has 4 heteroatoms. The van der Waals surface area contributed by atoms with Crippen LogP contribution >= 0.6 is 0 Å². The number of carbonyl (C=O) groups is 1. The minimum atomic E-state index is -0.0643. The molecule has 0 spiro atoms. The van der Waals surface area contributed by atoms with Crippen LogP contribution in [0.25, 0.3) is 0 Å². The third kappa shape index (κ3) is 15.6. The Kier molecular flexibility index (Phi) is 15.3. The second-order valence-corrected chi connectivity index (χ2v) is 5.38. The summed E-state index contributed by atoms with van der Waals surface area (Å²) in [6.07, 6.45) is 8.73. The zero-order chi connectivity index (χ0) is 15.8. The average Bonchev–Trinajstić information content (AvgIpc) is 2.48. The highest BCUT2D eigenvalue weighted by Gasteiger charge is 2.00. The van der Waals surface area contributed by atoms with Gasteiger partial charge in [0, 0.05) is 13.0 Å². The first kappa shape index (κ1) is 20.4. The first-order valence-corrected chi connectivity index (χ1v) is 8.55. The summed E-state index contributed by atoms with van der Waals surface area (Å²) in [6.45, 7) is 8.76. The lowest BCUT2D eigenvalue weighted by atomic mass is 10.1. The van der Waals surface area contributed by atoms with Crippen molar-refractivity contribution in [2.24, 2.45) is 0 Å². The lowest BCUT2D eigenvalue weighted by molar-refractivity contribution is -0.143. The van der Waals surface area contributed by atoms with E-state index in [-0.39, 0.29) is 5.97 Å². The maximum atomic E-state index is 11.1. The van der Waals surface area contributed by atoms with Crippen molar-refractivity contribution in [3.8, 4) is 0 Å². The van der Waals surface area contributed by atoms with Gasteiger partial charge in [0.15, 0.2) is 0 Å². The van der Waals surface area contributed by atoms with E-state index < -0.39 is 0 Å². The van der Waals surface area contributed by atoms with Gasteiger partial charge in [-0.1, -0.05) is 32.6 Å². The van der Waals surface area contributed by atoms with Gasteiger partial charge in [-0.05, 0) is 33.1 Å². The first-order chi connectivity index (χ1) is 10.2. The van der Waals surface area contributed by atoms with E-state index >= 15 is 0 Å². The molecule has 0 saturated heterocycles. The Labute approximate surface area is 130 Å². The van der Waals surface area contributed by atoms with E-state index in [0.717, 1.165) is 32.3 Å². The van der Waals surface area contributed by atoms with Gasteiger partial charge < -0.3 is 14.2 Å². The van der Waals surface area contributed by atoms with Crippen LogP contribution < -0.4 is 0 Å². The molecule has 1 unspecified atom stereocenters. The number of rotatable bonds is 15. The van der Waals surface area contributed by atoms with Crippen molar-refractivity contribution in [1.82, 2.24) is 0 Å². The van der Waals surface area contributed by atoms with Crippen molar-refractivity contribution in [1.29, 1.82) is 0 Å². The smallest absolute Gasteiger partial charge is 0.305 e. The van der Waals surface area contributed by atoms with E-state index in [9.17, 15) is 4.79 Å². The van der Waals surface area contributed by atoms with Gasteiger partial charge in [-0.25, -0.2) is 0 Å². The highest BCUT2D eigenvalue weighted by Crippen LogP contribution is 2.08. The Hall–Kier alpha value is -0.610. The van der Waals surface area contributed by atoms with Gasteiger partial charge in [-0.3, -0.25) is 4.79 Å². The fraction of sp³-hybridized carbons (Fsp3) is 0.941. The third-order valence-electron chi connectivity index (χ3n) is 3.43. The Morgan fingerprint density at radius 1 is 0.905 bits per heavy atom. The molecule has 0 aliphatic carbocycles. The van der Waals surface area contributed by atoms with Crippen LogP contribution in [0.4, 0.5) is 0 Å². The fourth-order valence-electron chi connectivity index (χ4n) is 1.94. The van der Waals surface area contributed by atoms with Crippen molar-refractivity contribution in [2.45, 2.75) is 78.2 Å². The van der Waals surface area contributed by atoms with Crippen molar-refractivity contribution in [3.63, 3.8) is 0 Å². The first-order valence-electron chi connectivity index (χ1n) is 8.55. The van der Waals surface area contributed by atoms with Crippen LogP contribution in [0.5, 0.6) is 0 Å². The number of hydrogen-bond donors (Lipinski definition) is 0. The lowest BCUT2D eigenvalue weighted by Crippen LogP contribution is -2.12. The van der Waals surface area contributed by atoms with E-state index in [4.69, 9.17) is 14.2 Å². The molecule has 0 amide bonds. The van der Waals surface area contributed by atoms with Gasteiger partial charge in [-0.15, -0.1) is 0 Å². The predicted molar refractivity (Wildman–Crippen MR) is 85.5 cm³/mol. The van der Waals surface area contributed by atoms with Gasteiger partial charge in [-0.2, -0.15) is 0 Å². The molecular formula is C17H34O4. The molecule has 4 nitrogen and oxygen atoms in total. The Balaban J connectivity index is 3.07. The second-order valence-electron chi connectivity index (χ2n) is 5.38. The standard InChI is InChI=1S/C17H34O4/c1-4-16(3)21-15-14-19-13-11-9-7-6-8-10-12-17(18)20-5-2/h16H,4-15H2,1-3H3. The molecule has 0 aromatic rings. The van der Waals surface area contributed by atoms with Crippen molar-refractivity contribution < 1.29 is 19.0 Å². The summed E-state index contributed by atoms with van der Waals surface area (Å²) in [6, 6.07) is 0. The van der Waals surface area contributed by atoms with Gasteiger partial charge >= 0.3 is 5.97 Å². The van der Waals surface area contributed by atoms with Crippen LogP contribution in [-0.2, 0) is 19.0 Å². The van der Waals surface area contributed by atoms with Crippen molar-refractivity contribution in [3.05, 3.63) is 0 Å². The van der Waals surface area contributed by atoms with Gasteiger partial charge in [0.25, 0.3) is 0 Å². The zero-order valence-electron chi connectivity index (χ0n) is 14.2. The van der Waals surface area contributed by atoms with Crippen LogP contribution in [0, 0.1) is 0 Å². The van der Waals surface area contributed by atoms with Crippen LogP contribution in [0.15, 0.2) is 0 Å². The molecular weight excluding hydrogens is 268 g/mol. The maximum absolute atomic E-state index is 11.1. The van der Waals surface area contributed by atoms with E-state index in [1.165, 1.54) is 19.3 Å². The second kappa shape index (κ2) is 15.8. The molecule has 126 valence electrons. The molecule has 0 aromatic carbocycles. The molecule has 0 aliphatic rings. The molecule has 0 heterocycles. The normalized spacial score (nSPS) is 12.3. The molecule has 1 atom stereocenters. The monoisotopic (exact) mass is 302 g/mol. The van der Waals surface area contributed by atoms with Crippen LogP contribution in [0.1, 0.15) is 72.1 Å². The van der Waals surface area contributed by atoms with E-state index in [1.807, 2.05) is 6.92 Å². The summed E-state index contributed by atoms with van der Waals surface area (Å²) in [5.74, 6) is -0.0643. The molecule has 0 aliphatic heterocycles. The molecule has 0 bridgehead atoms. The molecule has 0 saturated carbocycles. The molecule has 0 aromatic heterocycles. The third-order valence-corrected chi connectivity index (χ3v) is 3.43. The molecule has 0 radical (unpaired) electrons. The number of carbonyl (C=O) groups excluding carboxylic acids is 1. The number of unbranched alkanes of at least 4 members (excludes halogenated alkanes) is 5. The largest absolute Gasteiger partial charge is 0.466 e. The Morgan fingerprint density at radius 3 is 2.24 bits per heavy atom. The predicted octanol–water partition coefficient (Wildman–Crippen LogP) is 4.11. The van der Waals surface area contributed by atoms with Gasteiger partial charge in [0.2, 0.25) is 0 Å². The summed E-state index contributed by atoms with van der Waals surface area (Å²) in [5, 5.41) is 0. The topological polar surface area (TPSA) is 44.8 Å². The van der Waals surface area contributed by atoms with E-state index in [2.05, 4.69) is 13.8 Å². The van der Waals surface area contributed by atoms with Crippen molar-refractivity contribution in [2.75, 3.05) is 26.4 Å². The SMILES string of the molecule is CCOC(=O)CCCCCCCCOCCOC(C)CC. The van der Waals surface area contributed by atoms with Crippen LogP contribution in [0.3, 0.4) is 0 Å². The summed E-state index contributed by atoms with van der Waals surface area (Å²) >= 11 is 0. The lowest BCUT2D eigenvalue weighted by Gasteiger charge is -2.10. The molecule has 0 rings (SSSR count). The minimum absolute atomic E-state index is 0.0643. The van der Waals surface area contributed by atoms with Crippen molar-refractivity contribution >= 4 is 5.97 Å². The highest BCUT2D eigenvalue weighted by molar-refractivity contribution is 5.69. The van der Waals surface area contributed by atoms with E-state index in [0.29, 0.717) is 32.3 Å². The minimum Gasteiger partial charge on any atom is -0.466 e.